The van der Waals surface area contributed by atoms with Crippen LogP contribution in [-0.2, 0) is 4.74 Å². The highest BCUT2D eigenvalue weighted by molar-refractivity contribution is 5.95. The van der Waals surface area contributed by atoms with Crippen LogP contribution in [0.15, 0.2) is 42.5 Å². The molecule has 1 fully saturated rings. The number of ether oxygens (including phenoxy) is 1. The monoisotopic (exact) mass is 380 g/mol. The minimum Gasteiger partial charge on any atom is -0.462 e. The fraction of sp³-hybridized carbons (Fsp3) is 0.435. The summed E-state index contributed by atoms with van der Waals surface area (Å²) in [6.45, 7) is 3.81. The zero-order valence-corrected chi connectivity index (χ0v) is 16.9. The lowest BCUT2D eigenvalue weighted by molar-refractivity contribution is 0.0523. The molecule has 0 unspecified atom stereocenters. The van der Waals surface area contributed by atoms with Crippen LogP contribution in [0.1, 0.15) is 70.6 Å². The summed E-state index contributed by atoms with van der Waals surface area (Å²) in [5, 5.41) is 0. The molecule has 2 aromatic rings. The summed E-state index contributed by atoms with van der Waals surface area (Å²) in [4.78, 5) is 31.0. The molecule has 1 aromatic heterocycles. The van der Waals surface area contributed by atoms with Gasteiger partial charge in [-0.2, -0.15) is 0 Å². The average Bonchev–Trinajstić information content (AvgIpc) is 2.73. The fourth-order valence-corrected chi connectivity index (χ4v) is 3.97. The van der Waals surface area contributed by atoms with E-state index in [1.807, 2.05) is 18.0 Å². The highest BCUT2D eigenvalue weighted by Crippen LogP contribution is 2.34. The number of aryl methyl sites for hydroxylation is 1. The maximum atomic E-state index is 12.9. The first-order valence-corrected chi connectivity index (χ1v) is 9.98. The molecule has 0 saturated heterocycles. The summed E-state index contributed by atoms with van der Waals surface area (Å²) >= 11 is 0. The van der Waals surface area contributed by atoms with Gasteiger partial charge in [0.05, 0.1) is 17.9 Å². The maximum absolute atomic E-state index is 12.9. The second kappa shape index (κ2) is 9.00. The van der Waals surface area contributed by atoms with Crippen molar-refractivity contribution >= 4 is 11.9 Å². The molecule has 5 heteroatoms. The van der Waals surface area contributed by atoms with Gasteiger partial charge in [-0.05, 0) is 63.1 Å². The Morgan fingerprint density at radius 2 is 1.75 bits per heavy atom. The van der Waals surface area contributed by atoms with E-state index in [0.29, 0.717) is 29.5 Å². The van der Waals surface area contributed by atoms with E-state index in [-0.39, 0.29) is 11.9 Å². The smallest absolute Gasteiger partial charge is 0.339 e. The Kier molecular flexibility index (Phi) is 6.45. The van der Waals surface area contributed by atoms with Crippen LogP contribution in [0, 0.1) is 6.92 Å². The number of esters is 1. The predicted octanol–water partition coefficient (Wildman–Crippen LogP) is 4.37. The van der Waals surface area contributed by atoms with E-state index in [1.165, 1.54) is 5.56 Å². The van der Waals surface area contributed by atoms with Crippen LogP contribution in [0.3, 0.4) is 0 Å². The van der Waals surface area contributed by atoms with E-state index in [1.54, 1.807) is 26.0 Å². The van der Waals surface area contributed by atoms with Gasteiger partial charge in [0.25, 0.3) is 5.91 Å². The Morgan fingerprint density at radius 1 is 1.07 bits per heavy atom. The second-order valence-corrected chi connectivity index (χ2v) is 7.38. The van der Waals surface area contributed by atoms with Crippen LogP contribution in [0.4, 0.5) is 0 Å². The number of aromatic nitrogens is 1. The Labute approximate surface area is 166 Å². The summed E-state index contributed by atoms with van der Waals surface area (Å²) in [7, 11) is 1.85. The first kappa shape index (κ1) is 20.1. The quantitative estimate of drug-likeness (QED) is 0.723. The second-order valence-electron chi connectivity index (χ2n) is 7.38. The van der Waals surface area contributed by atoms with E-state index in [0.717, 1.165) is 25.7 Å². The third-order valence-electron chi connectivity index (χ3n) is 5.64. The lowest BCUT2D eigenvalue weighted by Gasteiger charge is -2.34. The van der Waals surface area contributed by atoms with Gasteiger partial charge in [-0.3, -0.25) is 4.79 Å². The number of pyridine rings is 1. The fourth-order valence-electron chi connectivity index (χ4n) is 3.97. The first-order chi connectivity index (χ1) is 13.5. The molecule has 148 valence electrons. The number of benzene rings is 1. The summed E-state index contributed by atoms with van der Waals surface area (Å²) in [5.74, 6) is 0.0749. The number of carbonyl (C=O) groups is 2. The molecule has 1 amide bonds. The highest BCUT2D eigenvalue weighted by atomic mass is 16.5. The molecular formula is C23H28N2O3. The number of rotatable bonds is 5. The molecule has 0 atom stereocenters. The first-order valence-electron chi connectivity index (χ1n) is 9.98. The van der Waals surface area contributed by atoms with E-state index in [9.17, 15) is 9.59 Å². The maximum Gasteiger partial charge on any atom is 0.339 e. The van der Waals surface area contributed by atoms with E-state index < -0.39 is 5.97 Å². The summed E-state index contributed by atoms with van der Waals surface area (Å²) in [6.07, 6.45) is 4.14. The van der Waals surface area contributed by atoms with Gasteiger partial charge in [0, 0.05) is 13.1 Å². The number of hydrogen-bond donors (Lipinski definition) is 0. The SMILES string of the molecule is CCOC(=O)c1ccc(C(=O)N(C)C2CCC(c3ccccc3)CC2)nc1C. The largest absolute Gasteiger partial charge is 0.462 e. The van der Waals surface area contributed by atoms with Crippen LogP contribution in [0.5, 0.6) is 0 Å². The van der Waals surface area contributed by atoms with Crippen molar-refractivity contribution in [3.8, 4) is 0 Å². The molecule has 0 N–H and O–H groups in total. The molecule has 1 aliphatic carbocycles. The Hall–Kier alpha value is -2.69. The summed E-state index contributed by atoms with van der Waals surface area (Å²) < 4.78 is 5.02. The van der Waals surface area contributed by atoms with Crippen molar-refractivity contribution in [3.63, 3.8) is 0 Å². The highest BCUT2D eigenvalue weighted by Gasteiger charge is 2.28. The number of nitrogens with zero attached hydrogens (tertiary/aromatic N) is 2. The zero-order valence-electron chi connectivity index (χ0n) is 16.9. The minimum atomic E-state index is -0.404. The van der Waals surface area contributed by atoms with Crippen molar-refractivity contribution in [2.75, 3.05) is 13.7 Å². The van der Waals surface area contributed by atoms with Gasteiger partial charge < -0.3 is 9.64 Å². The average molecular weight is 380 g/mol. The zero-order chi connectivity index (χ0) is 20.1. The molecular weight excluding hydrogens is 352 g/mol. The molecule has 1 heterocycles. The summed E-state index contributed by atoms with van der Waals surface area (Å²) in [6, 6.07) is 14.1. The number of amides is 1. The molecule has 1 aliphatic rings. The van der Waals surface area contributed by atoms with Gasteiger partial charge in [-0.15, -0.1) is 0 Å². The molecule has 0 bridgehead atoms. The van der Waals surface area contributed by atoms with E-state index >= 15 is 0 Å². The standard InChI is InChI=1S/C23H28N2O3/c1-4-28-23(27)20-14-15-21(24-16(20)2)22(26)25(3)19-12-10-18(11-13-19)17-8-6-5-7-9-17/h5-9,14-15,18-19H,4,10-13H2,1-3H3. The molecule has 5 nitrogen and oxygen atoms in total. The van der Waals surface area contributed by atoms with Crippen molar-refractivity contribution in [2.24, 2.45) is 0 Å². The lowest BCUT2D eigenvalue weighted by Crippen LogP contribution is -2.39. The lowest BCUT2D eigenvalue weighted by atomic mass is 9.81. The van der Waals surface area contributed by atoms with Crippen molar-refractivity contribution < 1.29 is 14.3 Å². The molecule has 28 heavy (non-hydrogen) atoms. The van der Waals surface area contributed by atoms with Gasteiger partial charge >= 0.3 is 5.97 Å². The van der Waals surface area contributed by atoms with Gasteiger partial charge in [0.1, 0.15) is 5.69 Å². The number of carbonyl (C=O) groups excluding carboxylic acids is 2. The third-order valence-corrected chi connectivity index (χ3v) is 5.64. The topological polar surface area (TPSA) is 59.5 Å². The van der Waals surface area contributed by atoms with E-state index in [2.05, 4.69) is 29.2 Å². The van der Waals surface area contributed by atoms with Crippen LogP contribution in [0.25, 0.3) is 0 Å². The molecule has 1 saturated carbocycles. The van der Waals surface area contributed by atoms with Crippen molar-refractivity contribution in [3.05, 3.63) is 65.0 Å². The van der Waals surface area contributed by atoms with Gasteiger partial charge in [0.2, 0.25) is 0 Å². The molecule has 3 rings (SSSR count). The minimum absolute atomic E-state index is 0.0957. The predicted molar refractivity (Wildman–Crippen MR) is 108 cm³/mol. The molecule has 0 radical (unpaired) electrons. The van der Waals surface area contributed by atoms with Crippen LogP contribution in [-0.4, -0.2) is 41.5 Å². The van der Waals surface area contributed by atoms with Crippen LogP contribution < -0.4 is 0 Å². The van der Waals surface area contributed by atoms with Gasteiger partial charge in [0.15, 0.2) is 0 Å². The Morgan fingerprint density at radius 3 is 2.36 bits per heavy atom. The molecule has 1 aromatic carbocycles. The third kappa shape index (κ3) is 4.41. The van der Waals surface area contributed by atoms with Crippen molar-refractivity contribution in [1.29, 1.82) is 0 Å². The normalized spacial score (nSPS) is 19.1. The van der Waals surface area contributed by atoms with Crippen molar-refractivity contribution in [1.82, 2.24) is 9.88 Å². The summed E-state index contributed by atoms with van der Waals surface area (Å²) in [5.41, 5.74) is 2.69. The molecule has 0 aliphatic heterocycles. The van der Waals surface area contributed by atoms with E-state index in [4.69, 9.17) is 4.74 Å². The number of hydrogen-bond acceptors (Lipinski definition) is 4. The van der Waals surface area contributed by atoms with Crippen molar-refractivity contribution in [2.45, 2.75) is 51.5 Å². The van der Waals surface area contributed by atoms with Crippen LogP contribution >= 0.6 is 0 Å². The Bertz CT molecular complexity index is 827. The molecule has 0 spiro atoms. The Balaban J connectivity index is 1.63. The van der Waals surface area contributed by atoms with Gasteiger partial charge in [-0.1, -0.05) is 30.3 Å². The van der Waals surface area contributed by atoms with Crippen LogP contribution in [0.2, 0.25) is 0 Å². The van der Waals surface area contributed by atoms with Gasteiger partial charge in [-0.25, -0.2) is 9.78 Å².